The molecule has 1 N–H and O–H groups in total. The second kappa shape index (κ2) is 10.1. The SMILES string of the molecule is CCN(CC)CCOCCNCc1ccccc1. The first-order valence-electron chi connectivity index (χ1n) is 6.91. The Morgan fingerprint density at radius 1 is 1.06 bits per heavy atom. The van der Waals surface area contributed by atoms with Gasteiger partial charge < -0.3 is 15.0 Å². The fraction of sp³-hybridized carbons (Fsp3) is 0.600. The summed E-state index contributed by atoms with van der Waals surface area (Å²) in [4.78, 5) is 2.37. The van der Waals surface area contributed by atoms with E-state index in [9.17, 15) is 0 Å². The van der Waals surface area contributed by atoms with Gasteiger partial charge in [-0.1, -0.05) is 44.2 Å². The van der Waals surface area contributed by atoms with Crippen LogP contribution in [0.2, 0.25) is 0 Å². The van der Waals surface area contributed by atoms with Crippen LogP contribution in [0.25, 0.3) is 0 Å². The highest BCUT2D eigenvalue weighted by Crippen LogP contribution is 1.96. The van der Waals surface area contributed by atoms with Crippen LogP contribution in [0.15, 0.2) is 30.3 Å². The molecule has 3 heteroatoms. The Morgan fingerprint density at radius 2 is 1.78 bits per heavy atom. The predicted molar refractivity (Wildman–Crippen MR) is 76.8 cm³/mol. The van der Waals surface area contributed by atoms with E-state index >= 15 is 0 Å². The van der Waals surface area contributed by atoms with Crippen molar-refractivity contribution in [1.82, 2.24) is 10.2 Å². The fourth-order valence-corrected chi connectivity index (χ4v) is 1.81. The molecule has 0 spiro atoms. The van der Waals surface area contributed by atoms with Gasteiger partial charge in [-0.25, -0.2) is 0 Å². The smallest absolute Gasteiger partial charge is 0.0594 e. The van der Waals surface area contributed by atoms with Crippen LogP contribution in [-0.4, -0.2) is 44.3 Å². The number of hydrogen-bond acceptors (Lipinski definition) is 3. The Kier molecular flexibility index (Phi) is 8.47. The normalized spacial score (nSPS) is 11.1. The molecule has 18 heavy (non-hydrogen) atoms. The summed E-state index contributed by atoms with van der Waals surface area (Å²) in [6.07, 6.45) is 0. The molecule has 0 bridgehead atoms. The van der Waals surface area contributed by atoms with E-state index in [4.69, 9.17) is 4.74 Å². The van der Waals surface area contributed by atoms with E-state index in [0.717, 1.165) is 45.9 Å². The van der Waals surface area contributed by atoms with E-state index in [1.165, 1.54) is 5.56 Å². The van der Waals surface area contributed by atoms with Crippen LogP contribution < -0.4 is 5.32 Å². The number of nitrogens with one attached hydrogen (secondary N) is 1. The number of rotatable bonds is 10. The topological polar surface area (TPSA) is 24.5 Å². The second-order valence-electron chi connectivity index (χ2n) is 4.30. The van der Waals surface area contributed by atoms with Gasteiger partial charge in [0, 0.05) is 19.6 Å². The summed E-state index contributed by atoms with van der Waals surface area (Å²) in [5, 5.41) is 3.38. The molecular weight excluding hydrogens is 224 g/mol. The molecule has 102 valence electrons. The van der Waals surface area contributed by atoms with Crippen LogP contribution in [0.1, 0.15) is 19.4 Å². The average molecular weight is 250 g/mol. The van der Waals surface area contributed by atoms with Gasteiger partial charge in [-0.3, -0.25) is 0 Å². The molecule has 0 heterocycles. The van der Waals surface area contributed by atoms with Crippen LogP contribution in [0.3, 0.4) is 0 Å². The zero-order valence-electron chi connectivity index (χ0n) is 11.7. The molecule has 1 aromatic carbocycles. The zero-order valence-corrected chi connectivity index (χ0v) is 11.7. The molecular formula is C15H26N2O. The van der Waals surface area contributed by atoms with E-state index in [0.29, 0.717) is 0 Å². The van der Waals surface area contributed by atoms with Crippen molar-refractivity contribution in [3.05, 3.63) is 35.9 Å². The number of likely N-dealkylation sites (N-methyl/N-ethyl adjacent to an activating group) is 1. The van der Waals surface area contributed by atoms with Crippen molar-refractivity contribution >= 4 is 0 Å². The molecule has 0 unspecified atom stereocenters. The van der Waals surface area contributed by atoms with Crippen LogP contribution in [0, 0.1) is 0 Å². The van der Waals surface area contributed by atoms with Crippen LogP contribution >= 0.6 is 0 Å². The van der Waals surface area contributed by atoms with Gasteiger partial charge >= 0.3 is 0 Å². The Bertz CT molecular complexity index is 286. The molecule has 0 aliphatic carbocycles. The standard InChI is InChI=1S/C15H26N2O/c1-3-17(4-2)11-13-18-12-10-16-14-15-8-6-5-7-9-15/h5-9,16H,3-4,10-14H2,1-2H3. The van der Waals surface area contributed by atoms with Crippen molar-refractivity contribution in [1.29, 1.82) is 0 Å². The van der Waals surface area contributed by atoms with E-state index in [1.807, 2.05) is 6.07 Å². The number of nitrogens with zero attached hydrogens (tertiary/aromatic N) is 1. The lowest BCUT2D eigenvalue weighted by molar-refractivity contribution is 0.108. The first-order chi connectivity index (χ1) is 8.86. The highest BCUT2D eigenvalue weighted by Gasteiger charge is 1.97. The molecule has 3 nitrogen and oxygen atoms in total. The Hall–Kier alpha value is -0.900. The van der Waals surface area contributed by atoms with Crippen LogP contribution in [0.5, 0.6) is 0 Å². The van der Waals surface area contributed by atoms with Gasteiger partial charge in [-0.15, -0.1) is 0 Å². The fourth-order valence-electron chi connectivity index (χ4n) is 1.81. The summed E-state index contributed by atoms with van der Waals surface area (Å²) in [6.45, 7) is 11.1. The van der Waals surface area contributed by atoms with Crippen LogP contribution in [0.4, 0.5) is 0 Å². The van der Waals surface area contributed by atoms with Gasteiger partial charge in [0.25, 0.3) is 0 Å². The summed E-state index contributed by atoms with van der Waals surface area (Å²) in [6, 6.07) is 10.4. The molecule has 0 saturated carbocycles. The summed E-state index contributed by atoms with van der Waals surface area (Å²) < 4.78 is 5.60. The minimum atomic E-state index is 0.786. The van der Waals surface area contributed by atoms with Gasteiger partial charge in [-0.2, -0.15) is 0 Å². The maximum absolute atomic E-state index is 5.60. The third kappa shape index (κ3) is 6.74. The van der Waals surface area contributed by atoms with Crippen molar-refractivity contribution < 1.29 is 4.74 Å². The first kappa shape index (κ1) is 15.2. The molecule has 0 amide bonds. The summed E-state index contributed by atoms with van der Waals surface area (Å²) in [7, 11) is 0. The monoisotopic (exact) mass is 250 g/mol. The molecule has 1 aromatic rings. The van der Waals surface area contributed by atoms with Gasteiger partial charge in [0.2, 0.25) is 0 Å². The summed E-state index contributed by atoms with van der Waals surface area (Å²) in [5.41, 5.74) is 1.32. The highest BCUT2D eigenvalue weighted by atomic mass is 16.5. The predicted octanol–water partition coefficient (Wildman–Crippen LogP) is 2.13. The van der Waals surface area contributed by atoms with Crippen molar-refractivity contribution in [3.8, 4) is 0 Å². The van der Waals surface area contributed by atoms with Crippen LogP contribution in [-0.2, 0) is 11.3 Å². The van der Waals surface area contributed by atoms with Crippen molar-refractivity contribution in [2.45, 2.75) is 20.4 Å². The summed E-state index contributed by atoms with van der Waals surface area (Å²) >= 11 is 0. The van der Waals surface area contributed by atoms with Crippen molar-refractivity contribution in [2.24, 2.45) is 0 Å². The van der Waals surface area contributed by atoms with Crippen molar-refractivity contribution in [3.63, 3.8) is 0 Å². The summed E-state index contributed by atoms with van der Waals surface area (Å²) in [5.74, 6) is 0. The Morgan fingerprint density at radius 3 is 2.44 bits per heavy atom. The van der Waals surface area contributed by atoms with E-state index in [1.54, 1.807) is 0 Å². The molecule has 0 fully saturated rings. The minimum absolute atomic E-state index is 0.786. The van der Waals surface area contributed by atoms with E-state index in [-0.39, 0.29) is 0 Å². The van der Waals surface area contributed by atoms with E-state index < -0.39 is 0 Å². The zero-order chi connectivity index (χ0) is 13.1. The Balaban J connectivity index is 1.93. The van der Waals surface area contributed by atoms with Crippen molar-refractivity contribution in [2.75, 3.05) is 39.4 Å². The molecule has 0 radical (unpaired) electrons. The first-order valence-corrected chi connectivity index (χ1v) is 6.91. The maximum atomic E-state index is 5.60. The molecule has 1 rings (SSSR count). The lowest BCUT2D eigenvalue weighted by Gasteiger charge is -2.17. The third-order valence-corrected chi connectivity index (χ3v) is 3.04. The van der Waals surface area contributed by atoms with Gasteiger partial charge in [0.1, 0.15) is 0 Å². The number of ether oxygens (including phenoxy) is 1. The van der Waals surface area contributed by atoms with Gasteiger partial charge in [0.15, 0.2) is 0 Å². The molecule has 0 aliphatic rings. The lowest BCUT2D eigenvalue weighted by atomic mass is 10.2. The molecule has 0 aliphatic heterocycles. The largest absolute Gasteiger partial charge is 0.379 e. The third-order valence-electron chi connectivity index (χ3n) is 3.04. The van der Waals surface area contributed by atoms with E-state index in [2.05, 4.69) is 48.3 Å². The quantitative estimate of drug-likeness (QED) is 0.644. The second-order valence-corrected chi connectivity index (χ2v) is 4.30. The lowest BCUT2D eigenvalue weighted by Crippen LogP contribution is -2.28. The molecule has 0 saturated heterocycles. The minimum Gasteiger partial charge on any atom is -0.379 e. The molecule has 0 atom stereocenters. The highest BCUT2D eigenvalue weighted by molar-refractivity contribution is 5.14. The average Bonchev–Trinajstić information content (AvgIpc) is 2.43. The Labute approximate surface area is 111 Å². The number of hydrogen-bond donors (Lipinski definition) is 1. The number of benzene rings is 1. The van der Waals surface area contributed by atoms with Gasteiger partial charge in [-0.05, 0) is 18.7 Å². The molecule has 0 aromatic heterocycles. The maximum Gasteiger partial charge on any atom is 0.0594 e. The van der Waals surface area contributed by atoms with Gasteiger partial charge in [0.05, 0.1) is 13.2 Å².